The van der Waals surface area contributed by atoms with Crippen molar-refractivity contribution in [2.24, 2.45) is 0 Å². The summed E-state index contributed by atoms with van der Waals surface area (Å²) in [5.41, 5.74) is 1.59. The van der Waals surface area contributed by atoms with E-state index >= 15 is 0 Å². The summed E-state index contributed by atoms with van der Waals surface area (Å²) in [4.78, 5) is 16.5. The fourth-order valence-corrected chi connectivity index (χ4v) is 2.71. The highest BCUT2D eigenvalue weighted by Crippen LogP contribution is 2.18. The Hall–Kier alpha value is -2.60. The number of nitrogens with zero attached hydrogens (tertiary/aromatic N) is 1. The highest BCUT2D eigenvalue weighted by atomic mass is 16.5. The Morgan fingerprint density at radius 3 is 3.04 bits per heavy atom. The molecule has 0 spiro atoms. The minimum Gasteiger partial charge on any atom is -0.496 e. The molecule has 1 fully saturated rings. The molecule has 0 radical (unpaired) electrons. The second-order valence-electron chi connectivity index (χ2n) is 5.80. The number of aromatic nitrogens is 1. The van der Waals surface area contributed by atoms with Gasteiger partial charge in [0.05, 0.1) is 20.3 Å². The van der Waals surface area contributed by atoms with Gasteiger partial charge in [-0.3, -0.25) is 4.79 Å². The molecular formula is C19H22N2O4. The van der Waals surface area contributed by atoms with Crippen LogP contribution in [0.1, 0.15) is 22.3 Å². The zero-order valence-electron chi connectivity index (χ0n) is 14.2. The van der Waals surface area contributed by atoms with E-state index in [1.165, 1.54) is 0 Å². The topological polar surface area (TPSA) is 69.7 Å². The lowest BCUT2D eigenvalue weighted by molar-refractivity contribution is 0.0952. The zero-order chi connectivity index (χ0) is 17.5. The van der Waals surface area contributed by atoms with Crippen molar-refractivity contribution in [2.45, 2.75) is 18.9 Å². The van der Waals surface area contributed by atoms with Gasteiger partial charge in [-0.05, 0) is 24.1 Å². The minimum absolute atomic E-state index is 0.0105. The lowest BCUT2D eigenvalue weighted by Crippen LogP contribution is -2.26. The average Bonchev–Trinajstić information content (AvgIpc) is 3.15. The number of rotatable bonds is 7. The van der Waals surface area contributed by atoms with Gasteiger partial charge in [-0.25, -0.2) is 4.98 Å². The lowest BCUT2D eigenvalue weighted by Gasteiger charge is -2.12. The monoisotopic (exact) mass is 342 g/mol. The first-order valence-corrected chi connectivity index (χ1v) is 8.37. The molecule has 1 aliphatic rings. The zero-order valence-corrected chi connectivity index (χ0v) is 14.2. The fourth-order valence-electron chi connectivity index (χ4n) is 2.71. The molecule has 6 nitrogen and oxygen atoms in total. The van der Waals surface area contributed by atoms with Crippen molar-refractivity contribution in [3.8, 4) is 11.6 Å². The van der Waals surface area contributed by atoms with Gasteiger partial charge < -0.3 is 19.5 Å². The summed E-state index contributed by atoms with van der Waals surface area (Å²) in [6, 6.07) is 11.1. The molecule has 132 valence electrons. The molecular weight excluding hydrogens is 320 g/mol. The van der Waals surface area contributed by atoms with Crippen LogP contribution in [0.15, 0.2) is 42.6 Å². The largest absolute Gasteiger partial charge is 0.496 e. The van der Waals surface area contributed by atoms with E-state index in [4.69, 9.17) is 14.2 Å². The predicted molar refractivity (Wildman–Crippen MR) is 93.1 cm³/mol. The fraction of sp³-hybridized carbons (Fsp3) is 0.368. The van der Waals surface area contributed by atoms with E-state index in [1.807, 2.05) is 24.3 Å². The molecule has 1 amide bonds. The second kappa shape index (κ2) is 8.48. The molecule has 0 aliphatic carbocycles. The molecule has 1 unspecified atom stereocenters. The van der Waals surface area contributed by atoms with Crippen LogP contribution >= 0.6 is 0 Å². The van der Waals surface area contributed by atoms with Gasteiger partial charge in [0, 0.05) is 30.8 Å². The van der Waals surface area contributed by atoms with E-state index in [2.05, 4.69) is 10.3 Å². The van der Waals surface area contributed by atoms with Crippen molar-refractivity contribution in [2.75, 3.05) is 26.9 Å². The molecule has 0 saturated carbocycles. The molecule has 1 atom stereocenters. The summed E-state index contributed by atoms with van der Waals surface area (Å²) in [6.45, 7) is 1.79. The first-order valence-electron chi connectivity index (χ1n) is 8.37. The van der Waals surface area contributed by atoms with E-state index in [1.54, 1.807) is 25.4 Å². The van der Waals surface area contributed by atoms with E-state index < -0.39 is 0 Å². The lowest BCUT2D eigenvalue weighted by atomic mass is 10.1. The van der Waals surface area contributed by atoms with Gasteiger partial charge in [-0.15, -0.1) is 0 Å². The number of carbonyl (C=O) groups is 1. The van der Waals surface area contributed by atoms with Crippen molar-refractivity contribution in [3.05, 3.63) is 53.7 Å². The summed E-state index contributed by atoms with van der Waals surface area (Å²) >= 11 is 0. The van der Waals surface area contributed by atoms with Crippen LogP contribution in [-0.4, -0.2) is 43.9 Å². The summed E-state index contributed by atoms with van der Waals surface area (Å²) in [6.07, 6.45) is 3.14. The van der Waals surface area contributed by atoms with E-state index in [0.29, 0.717) is 37.6 Å². The Bertz CT molecular complexity index is 714. The number of ether oxygens (including phenoxy) is 3. The Morgan fingerprint density at radius 1 is 1.36 bits per heavy atom. The third-order valence-corrected chi connectivity index (χ3v) is 4.04. The van der Waals surface area contributed by atoms with Gasteiger partial charge in [0.2, 0.25) is 5.88 Å². The molecule has 2 aromatic rings. The Labute approximate surface area is 147 Å². The molecule has 25 heavy (non-hydrogen) atoms. The molecule has 3 rings (SSSR count). The standard InChI is InChI=1S/C19H22N2O4/c1-23-17-5-3-2-4-14(17)6-10-21-19(22)15-7-9-20-18(12-15)25-16-8-11-24-13-16/h2-5,7,9,12,16H,6,8,10-11,13H2,1H3,(H,21,22). The first kappa shape index (κ1) is 17.2. The van der Waals surface area contributed by atoms with Crippen LogP contribution in [0.2, 0.25) is 0 Å². The van der Waals surface area contributed by atoms with Gasteiger partial charge in [0.25, 0.3) is 5.91 Å². The molecule has 2 heterocycles. The van der Waals surface area contributed by atoms with Crippen molar-refractivity contribution >= 4 is 5.91 Å². The number of hydrogen-bond acceptors (Lipinski definition) is 5. The van der Waals surface area contributed by atoms with Crippen molar-refractivity contribution in [1.29, 1.82) is 0 Å². The average molecular weight is 342 g/mol. The first-order chi connectivity index (χ1) is 12.3. The van der Waals surface area contributed by atoms with E-state index in [-0.39, 0.29) is 12.0 Å². The van der Waals surface area contributed by atoms with E-state index in [0.717, 1.165) is 17.7 Å². The quantitative estimate of drug-likeness (QED) is 0.836. The van der Waals surface area contributed by atoms with Crippen LogP contribution in [0.5, 0.6) is 11.6 Å². The van der Waals surface area contributed by atoms with Crippen LogP contribution in [0.3, 0.4) is 0 Å². The van der Waals surface area contributed by atoms with E-state index in [9.17, 15) is 4.79 Å². The number of carbonyl (C=O) groups excluding carboxylic acids is 1. The smallest absolute Gasteiger partial charge is 0.251 e. The van der Waals surface area contributed by atoms with Gasteiger partial charge >= 0.3 is 0 Å². The number of hydrogen-bond donors (Lipinski definition) is 1. The normalized spacial score (nSPS) is 16.4. The summed E-state index contributed by atoms with van der Waals surface area (Å²) in [5.74, 6) is 1.13. The third kappa shape index (κ3) is 4.70. The third-order valence-electron chi connectivity index (χ3n) is 4.04. The molecule has 1 saturated heterocycles. The second-order valence-corrected chi connectivity index (χ2v) is 5.80. The van der Waals surface area contributed by atoms with Crippen LogP contribution in [0.4, 0.5) is 0 Å². The molecule has 6 heteroatoms. The minimum atomic E-state index is -0.148. The summed E-state index contributed by atoms with van der Waals surface area (Å²) < 4.78 is 16.3. The molecule has 0 bridgehead atoms. The van der Waals surface area contributed by atoms with Gasteiger partial charge in [-0.1, -0.05) is 18.2 Å². The van der Waals surface area contributed by atoms with Gasteiger partial charge in [0.15, 0.2) is 0 Å². The van der Waals surface area contributed by atoms with Crippen LogP contribution in [-0.2, 0) is 11.2 Å². The number of benzene rings is 1. The van der Waals surface area contributed by atoms with Crippen LogP contribution < -0.4 is 14.8 Å². The summed E-state index contributed by atoms with van der Waals surface area (Å²) in [5, 5.41) is 2.92. The van der Waals surface area contributed by atoms with Crippen molar-refractivity contribution in [3.63, 3.8) is 0 Å². The van der Waals surface area contributed by atoms with Gasteiger partial charge in [0.1, 0.15) is 11.9 Å². The Kier molecular flexibility index (Phi) is 5.85. The molecule has 1 aliphatic heterocycles. The predicted octanol–water partition coefficient (Wildman–Crippen LogP) is 2.23. The maximum atomic E-state index is 12.3. The van der Waals surface area contributed by atoms with Crippen LogP contribution in [0.25, 0.3) is 0 Å². The number of nitrogens with one attached hydrogen (secondary N) is 1. The number of pyridine rings is 1. The highest BCUT2D eigenvalue weighted by molar-refractivity contribution is 5.94. The van der Waals surface area contributed by atoms with Gasteiger partial charge in [-0.2, -0.15) is 0 Å². The maximum Gasteiger partial charge on any atom is 0.251 e. The number of para-hydroxylation sites is 1. The Balaban J connectivity index is 1.54. The highest BCUT2D eigenvalue weighted by Gasteiger charge is 2.18. The van der Waals surface area contributed by atoms with Crippen molar-refractivity contribution < 1.29 is 19.0 Å². The summed E-state index contributed by atoms with van der Waals surface area (Å²) in [7, 11) is 1.64. The molecule has 1 aromatic carbocycles. The molecule has 1 aromatic heterocycles. The van der Waals surface area contributed by atoms with Crippen molar-refractivity contribution in [1.82, 2.24) is 10.3 Å². The maximum absolute atomic E-state index is 12.3. The number of amides is 1. The Morgan fingerprint density at radius 2 is 2.24 bits per heavy atom. The van der Waals surface area contributed by atoms with Crippen LogP contribution in [0, 0.1) is 0 Å². The molecule has 1 N–H and O–H groups in total. The SMILES string of the molecule is COc1ccccc1CCNC(=O)c1ccnc(OC2CCOC2)c1. The number of methoxy groups -OCH3 is 1.